The maximum atomic E-state index is 12.0. The number of ketones is 1. The number of carbonyl (C=O) groups is 1. The molecule has 2 aromatic heterocycles. The summed E-state index contributed by atoms with van der Waals surface area (Å²) in [6, 6.07) is 3.58. The highest BCUT2D eigenvalue weighted by molar-refractivity contribution is 5.97. The van der Waals surface area contributed by atoms with E-state index in [1.165, 1.54) is 0 Å². The highest BCUT2D eigenvalue weighted by Gasteiger charge is 2.12. The van der Waals surface area contributed by atoms with E-state index in [2.05, 4.69) is 9.97 Å². The van der Waals surface area contributed by atoms with E-state index < -0.39 is 0 Å². The van der Waals surface area contributed by atoms with Crippen molar-refractivity contribution < 1.29 is 4.79 Å². The zero-order chi connectivity index (χ0) is 11.5. The predicted octanol–water partition coefficient (Wildman–Crippen LogP) is 1.55. The number of hydrogen-bond acceptors (Lipinski definition) is 3. The summed E-state index contributed by atoms with van der Waals surface area (Å²) in [6.07, 6.45) is 5.53. The van der Waals surface area contributed by atoms with Crippen LogP contribution in [0.4, 0.5) is 0 Å². The van der Waals surface area contributed by atoms with Gasteiger partial charge in [-0.25, -0.2) is 4.98 Å². The molecule has 0 saturated carbocycles. The lowest BCUT2D eigenvalue weighted by Gasteiger charge is -2.03. The molecule has 0 saturated heterocycles. The van der Waals surface area contributed by atoms with Crippen LogP contribution in [-0.2, 0) is 13.5 Å². The van der Waals surface area contributed by atoms with Crippen molar-refractivity contribution in [3.63, 3.8) is 0 Å². The van der Waals surface area contributed by atoms with Gasteiger partial charge in [0.1, 0.15) is 5.82 Å². The number of aryl methyl sites for hydroxylation is 2. The summed E-state index contributed by atoms with van der Waals surface area (Å²) in [5.41, 5.74) is 1.44. The van der Waals surface area contributed by atoms with Crippen LogP contribution in [0.2, 0.25) is 0 Å². The summed E-state index contributed by atoms with van der Waals surface area (Å²) in [5.74, 6) is 0.827. The van der Waals surface area contributed by atoms with Crippen LogP contribution in [0.1, 0.15) is 21.9 Å². The Hall–Kier alpha value is -1.97. The molecule has 82 valence electrons. The van der Waals surface area contributed by atoms with Crippen LogP contribution in [0.15, 0.2) is 30.7 Å². The first-order valence-electron chi connectivity index (χ1n) is 5.09. The van der Waals surface area contributed by atoms with Gasteiger partial charge in [0.25, 0.3) is 0 Å². The van der Waals surface area contributed by atoms with E-state index in [9.17, 15) is 4.79 Å². The average Bonchev–Trinajstić information content (AvgIpc) is 2.65. The topological polar surface area (TPSA) is 47.8 Å². The smallest absolute Gasteiger partial charge is 0.172 e. The fourth-order valence-electron chi connectivity index (χ4n) is 1.58. The zero-order valence-electron chi connectivity index (χ0n) is 9.34. The largest absolute Gasteiger partial charge is 0.338 e. The van der Waals surface area contributed by atoms with Gasteiger partial charge >= 0.3 is 0 Å². The molecule has 0 spiro atoms. The summed E-state index contributed by atoms with van der Waals surface area (Å²) in [7, 11) is 1.88. The maximum Gasteiger partial charge on any atom is 0.172 e. The van der Waals surface area contributed by atoms with Crippen LogP contribution in [0.3, 0.4) is 0 Å². The van der Waals surface area contributed by atoms with Crippen LogP contribution >= 0.6 is 0 Å². The van der Waals surface area contributed by atoms with Gasteiger partial charge in [-0.3, -0.25) is 9.78 Å². The van der Waals surface area contributed by atoms with Gasteiger partial charge in [-0.15, -0.1) is 0 Å². The number of pyridine rings is 1. The van der Waals surface area contributed by atoms with Crippen molar-refractivity contribution in [1.29, 1.82) is 0 Å². The van der Waals surface area contributed by atoms with Gasteiger partial charge in [0.2, 0.25) is 0 Å². The van der Waals surface area contributed by atoms with Gasteiger partial charge in [-0.1, -0.05) is 0 Å². The Morgan fingerprint density at radius 1 is 1.38 bits per heavy atom. The van der Waals surface area contributed by atoms with E-state index in [-0.39, 0.29) is 5.78 Å². The molecule has 0 aliphatic carbocycles. The molecule has 2 heterocycles. The van der Waals surface area contributed by atoms with Crippen molar-refractivity contribution >= 4 is 5.78 Å². The number of carbonyl (C=O) groups excluding carboxylic acids is 1. The van der Waals surface area contributed by atoms with Gasteiger partial charge in [0.05, 0.1) is 6.42 Å². The van der Waals surface area contributed by atoms with E-state index in [0.29, 0.717) is 12.0 Å². The number of nitrogens with zero attached hydrogens (tertiary/aromatic N) is 3. The lowest BCUT2D eigenvalue weighted by molar-refractivity contribution is 0.0989. The van der Waals surface area contributed by atoms with Gasteiger partial charge in [0.15, 0.2) is 5.78 Å². The van der Waals surface area contributed by atoms with Crippen LogP contribution in [-0.4, -0.2) is 20.3 Å². The Kier molecular flexibility index (Phi) is 2.81. The highest BCUT2D eigenvalue weighted by atomic mass is 16.1. The van der Waals surface area contributed by atoms with Crippen LogP contribution < -0.4 is 0 Å². The Bertz CT molecular complexity index is 516. The van der Waals surface area contributed by atoms with Gasteiger partial charge < -0.3 is 4.57 Å². The third kappa shape index (κ3) is 2.00. The number of hydrogen-bond donors (Lipinski definition) is 0. The molecule has 0 unspecified atom stereocenters. The average molecular weight is 215 g/mol. The Morgan fingerprint density at radius 3 is 2.81 bits per heavy atom. The quantitative estimate of drug-likeness (QED) is 0.730. The van der Waals surface area contributed by atoms with Crippen molar-refractivity contribution in [3.05, 3.63) is 47.8 Å². The molecule has 0 N–H and O–H groups in total. The molecule has 0 aliphatic rings. The number of imidazole rings is 1. The molecule has 4 nitrogen and oxygen atoms in total. The lowest BCUT2D eigenvalue weighted by atomic mass is 10.1. The van der Waals surface area contributed by atoms with E-state index in [0.717, 1.165) is 11.5 Å². The molecule has 16 heavy (non-hydrogen) atoms. The SMILES string of the molecule is Cc1ncccc1C(=O)Cc1nccn1C. The highest BCUT2D eigenvalue weighted by Crippen LogP contribution is 2.08. The fraction of sp³-hybridized carbons (Fsp3) is 0.250. The molecular formula is C12H13N3O. The second-order valence-corrected chi connectivity index (χ2v) is 3.69. The minimum Gasteiger partial charge on any atom is -0.338 e. The monoisotopic (exact) mass is 215 g/mol. The Morgan fingerprint density at radius 2 is 2.19 bits per heavy atom. The van der Waals surface area contributed by atoms with Gasteiger partial charge in [-0.05, 0) is 19.1 Å². The Balaban J connectivity index is 2.22. The van der Waals surface area contributed by atoms with Crippen molar-refractivity contribution in [2.24, 2.45) is 7.05 Å². The third-order valence-electron chi connectivity index (χ3n) is 2.55. The minimum atomic E-state index is 0.0555. The molecule has 0 aliphatic heterocycles. The standard InChI is InChI=1S/C12H13N3O/c1-9-10(4-3-5-13-9)11(16)8-12-14-6-7-15(12)2/h3-7H,8H2,1-2H3. The second-order valence-electron chi connectivity index (χ2n) is 3.69. The first-order valence-corrected chi connectivity index (χ1v) is 5.09. The molecule has 0 amide bonds. The zero-order valence-corrected chi connectivity index (χ0v) is 9.34. The molecule has 0 radical (unpaired) electrons. The normalized spacial score (nSPS) is 10.4. The second kappa shape index (κ2) is 4.26. The van der Waals surface area contributed by atoms with Crippen molar-refractivity contribution in [3.8, 4) is 0 Å². The van der Waals surface area contributed by atoms with Crippen molar-refractivity contribution in [1.82, 2.24) is 14.5 Å². The van der Waals surface area contributed by atoms with E-state index in [4.69, 9.17) is 0 Å². The van der Waals surface area contributed by atoms with Gasteiger partial charge in [-0.2, -0.15) is 0 Å². The summed E-state index contributed by atoms with van der Waals surface area (Å²) in [4.78, 5) is 20.2. The van der Waals surface area contributed by atoms with E-state index >= 15 is 0 Å². The third-order valence-corrected chi connectivity index (χ3v) is 2.55. The number of aromatic nitrogens is 3. The molecular weight excluding hydrogens is 202 g/mol. The summed E-state index contributed by atoms with van der Waals surface area (Å²) in [6.45, 7) is 1.84. The first kappa shape index (κ1) is 10.5. The predicted molar refractivity (Wildman–Crippen MR) is 60.2 cm³/mol. The molecule has 2 rings (SSSR count). The molecule has 4 heteroatoms. The molecule has 2 aromatic rings. The van der Waals surface area contributed by atoms with Crippen LogP contribution in [0.5, 0.6) is 0 Å². The van der Waals surface area contributed by atoms with Crippen molar-refractivity contribution in [2.75, 3.05) is 0 Å². The van der Waals surface area contributed by atoms with Crippen molar-refractivity contribution in [2.45, 2.75) is 13.3 Å². The van der Waals surface area contributed by atoms with Gasteiger partial charge in [0, 0.05) is 36.9 Å². The Labute approximate surface area is 94.0 Å². The fourth-order valence-corrected chi connectivity index (χ4v) is 1.58. The molecule has 0 bridgehead atoms. The van der Waals surface area contributed by atoms with Crippen LogP contribution in [0, 0.1) is 6.92 Å². The molecule has 0 atom stereocenters. The van der Waals surface area contributed by atoms with Crippen LogP contribution in [0.25, 0.3) is 0 Å². The molecule has 0 aromatic carbocycles. The lowest BCUT2D eigenvalue weighted by Crippen LogP contribution is -2.10. The van der Waals surface area contributed by atoms with E-state index in [1.54, 1.807) is 24.5 Å². The summed E-state index contributed by atoms with van der Waals surface area (Å²) < 4.78 is 1.85. The minimum absolute atomic E-state index is 0.0555. The first-order chi connectivity index (χ1) is 7.68. The number of Topliss-reactive ketones (excluding diaryl/α,β-unsaturated/α-hetero) is 1. The maximum absolute atomic E-state index is 12.0. The number of rotatable bonds is 3. The molecule has 0 fully saturated rings. The summed E-state index contributed by atoms with van der Waals surface area (Å²) in [5, 5.41) is 0. The van der Waals surface area contributed by atoms with E-state index in [1.807, 2.05) is 24.7 Å². The summed E-state index contributed by atoms with van der Waals surface area (Å²) >= 11 is 0.